The van der Waals surface area contributed by atoms with Gasteiger partial charge in [0.25, 0.3) is 0 Å². The van der Waals surface area contributed by atoms with E-state index in [-0.39, 0.29) is 6.04 Å². The fraction of sp³-hybridized carbons (Fsp3) is 0.900. The average molecular weight is 238 g/mol. The van der Waals surface area contributed by atoms with E-state index in [1.165, 1.54) is 4.90 Å². The first-order chi connectivity index (χ1) is 7.44. The first-order valence-electron chi connectivity index (χ1n) is 5.51. The highest BCUT2D eigenvalue weighted by atomic mass is 19.4. The van der Waals surface area contributed by atoms with Crippen LogP contribution in [0.2, 0.25) is 0 Å². The molecule has 0 spiro atoms. The SMILES string of the molecule is CCCN(C(=O)CC(F)(F)F)[C@@H]1CCNC1. The van der Waals surface area contributed by atoms with Crippen LogP contribution < -0.4 is 5.32 Å². The van der Waals surface area contributed by atoms with Crippen LogP contribution in [0.4, 0.5) is 13.2 Å². The Kier molecular flexibility index (Phi) is 4.58. The second kappa shape index (κ2) is 5.52. The Hall–Kier alpha value is -0.780. The molecule has 0 aromatic heterocycles. The zero-order valence-corrected chi connectivity index (χ0v) is 9.31. The lowest BCUT2D eigenvalue weighted by molar-refractivity contribution is -0.162. The van der Waals surface area contributed by atoms with Crippen molar-refractivity contribution in [2.45, 2.75) is 38.4 Å². The molecule has 16 heavy (non-hydrogen) atoms. The lowest BCUT2D eigenvalue weighted by Gasteiger charge is -2.28. The molecule has 1 N–H and O–H groups in total. The van der Waals surface area contributed by atoms with Gasteiger partial charge >= 0.3 is 6.18 Å². The van der Waals surface area contributed by atoms with Gasteiger partial charge in [-0.3, -0.25) is 4.79 Å². The van der Waals surface area contributed by atoms with Gasteiger partial charge in [0, 0.05) is 19.1 Å². The summed E-state index contributed by atoms with van der Waals surface area (Å²) >= 11 is 0. The highest BCUT2D eigenvalue weighted by Crippen LogP contribution is 2.22. The Labute approximate surface area is 93.0 Å². The summed E-state index contributed by atoms with van der Waals surface area (Å²) in [6, 6.07) is -0.0743. The zero-order valence-electron chi connectivity index (χ0n) is 9.31. The van der Waals surface area contributed by atoms with Gasteiger partial charge < -0.3 is 10.2 Å². The zero-order chi connectivity index (χ0) is 12.2. The lowest BCUT2D eigenvalue weighted by atomic mass is 10.2. The van der Waals surface area contributed by atoms with Gasteiger partial charge in [-0.15, -0.1) is 0 Å². The molecular weight excluding hydrogens is 221 g/mol. The fourth-order valence-electron chi connectivity index (χ4n) is 1.93. The van der Waals surface area contributed by atoms with Gasteiger partial charge in [0.2, 0.25) is 5.91 Å². The molecule has 0 bridgehead atoms. The molecule has 0 aromatic carbocycles. The number of hydrogen-bond donors (Lipinski definition) is 1. The van der Waals surface area contributed by atoms with Crippen molar-refractivity contribution >= 4 is 5.91 Å². The van der Waals surface area contributed by atoms with E-state index >= 15 is 0 Å². The molecule has 0 radical (unpaired) electrons. The Balaban J connectivity index is 2.57. The van der Waals surface area contributed by atoms with Crippen molar-refractivity contribution in [2.24, 2.45) is 0 Å². The third-order valence-corrected chi connectivity index (χ3v) is 2.61. The van der Waals surface area contributed by atoms with E-state index in [1.807, 2.05) is 6.92 Å². The van der Waals surface area contributed by atoms with Gasteiger partial charge in [-0.25, -0.2) is 0 Å². The minimum absolute atomic E-state index is 0.0743. The van der Waals surface area contributed by atoms with Crippen LogP contribution in [0.25, 0.3) is 0 Å². The smallest absolute Gasteiger partial charge is 0.338 e. The number of rotatable bonds is 4. The second-order valence-electron chi connectivity index (χ2n) is 4.03. The van der Waals surface area contributed by atoms with Crippen LogP contribution >= 0.6 is 0 Å². The Morgan fingerprint density at radius 2 is 2.19 bits per heavy atom. The second-order valence-corrected chi connectivity index (χ2v) is 4.03. The minimum Gasteiger partial charge on any atom is -0.338 e. The molecule has 0 aliphatic carbocycles. The Morgan fingerprint density at radius 1 is 1.50 bits per heavy atom. The largest absolute Gasteiger partial charge is 0.397 e. The predicted octanol–water partition coefficient (Wildman–Crippen LogP) is 1.54. The topological polar surface area (TPSA) is 32.3 Å². The van der Waals surface area contributed by atoms with Gasteiger partial charge in [-0.05, 0) is 19.4 Å². The monoisotopic (exact) mass is 238 g/mol. The molecule has 6 heteroatoms. The summed E-state index contributed by atoms with van der Waals surface area (Å²) in [6.07, 6.45) is -4.33. The van der Waals surface area contributed by atoms with E-state index in [0.29, 0.717) is 19.5 Å². The van der Waals surface area contributed by atoms with Crippen molar-refractivity contribution in [3.8, 4) is 0 Å². The quantitative estimate of drug-likeness (QED) is 0.805. The summed E-state index contributed by atoms with van der Waals surface area (Å²) in [4.78, 5) is 12.9. The number of carbonyl (C=O) groups excluding carboxylic acids is 1. The van der Waals surface area contributed by atoms with E-state index in [9.17, 15) is 18.0 Å². The van der Waals surface area contributed by atoms with E-state index in [4.69, 9.17) is 0 Å². The molecule has 1 aliphatic heterocycles. The number of halogens is 3. The average Bonchev–Trinajstić information content (AvgIpc) is 2.63. The minimum atomic E-state index is -4.41. The van der Waals surface area contributed by atoms with E-state index in [2.05, 4.69) is 5.32 Å². The maximum atomic E-state index is 12.1. The van der Waals surface area contributed by atoms with Gasteiger partial charge in [-0.1, -0.05) is 6.92 Å². The van der Waals surface area contributed by atoms with Crippen LogP contribution in [0.5, 0.6) is 0 Å². The number of nitrogens with one attached hydrogen (secondary N) is 1. The first kappa shape index (κ1) is 13.3. The van der Waals surface area contributed by atoms with Crippen LogP contribution in [0.15, 0.2) is 0 Å². The molecule has 0 unspecified atom stereocenters. The summed E-state index contributed by atoms with van der Waals surface area (Å²) in [6.45, 7) is 3.63. The predicted molar refractivity (Wildman–Crippen MR) is 54.0 cm³/mol. The van der Waals surface area contributed by atoms with Gasteiger partial charge in [-0.2, -0.15) is 13.2 Å². The highest BCUT2D eigenvalue weighted by molar-refractivity contribution is 5.77. The summed E-state index contributed by atoms with van der Waals surface area (Å²) in [5, 5.41) is 3.05. The maximum absolute atomic E-state index is 12.1. The normalized spacial score (nSPS) is 21.1. The summed E-state index contributed by atoms with van der Waals surface area (Å²) < 4.78 is 36.4. The molecule has 1 atom stereocenters. The molecule has 3 nitrogen and oxygen atoms in total. The number of amides is 1. The maximum Gasteiger partial charge on any atom is 0.397 e. The molecular formula is C10H17F3N2O. The van der Waals surface area contributed by atoms with E-state index in [0.717, 1.165) is 13.0 Å². The highest BCUT2D eigenvalue weighted by Gasteiger charge is 2.35. The molecule has 94 valence electrons. The summed E-state index contributed by atoms with van der Waals surface area (Å²) in [7, 11) is 0. The molecule has 1 saturated heterocycles. The van der Waals surface area contributed by atoms with Crippen molar-refractivity contribution in [2.75, 3.05) is 19.6 Å². The number of nitrogens with zero attached hydrogens (tertiary/aromatic N) is 1. The molecule has 1 rings (SSSR count). The van der Waals surface area contributed by atoms with E-state index in [1.54, 1.807) is 0 Å². The van der Waals surface area contributed by atoms with Gasteiger partial charge in [0.1, 0.15) is 6.42 Å². The Bertz CT molecular complexity index is 237. The number of hydrogen-bond acceptors (Lipinski definition) is 2. The van der Waals surface area contributed by atoms with Crippen molar-refractivity contribution < 1.29 is 18.0 Å². The molecule has 0 aromatic rings. The third kappa shape index (κ3) is 4.00. The van der Waals surface area contributed by atoms with Crippen molar-refractivity contribution in [1.29, 1.82) is 0 Å². The van der Waals surface area contributed by atoms with Crippen LogP contribution in [-0.4, -0.2) is 42.7 Å². The van der Waals surface area contributed by atoms with Crippen molar-refractivity contribution in [3.05, 3.63) is 0 Å². The third-order valence-electron chi connectivity index (χ3n) is 2.61. The van der Waals surface area contributed by atoms with Crippen LogP contribution in [0.1, 0.15) is 26.2 Å². The molecule has 0 saturated carbocycles. The lowest BCUT2D eigenvalue weighted by Crippen LogP contribution is -2.43. The first-order valence-corrected chi connectivity index (χ1v) is 5.51. The van der Waals surface area contributed by atoms with Crippen molar-refractivity contribution in [1.82, 2.24) is 10.2 Å². The molecule has 1 fully saturated rings. The molecule has 1 amide bonds. The summed E-state index contributed by atoms with van der Waals surface area (Å²) in [5.41, 5.74) is 0. The number of alkyl halides is 3. The number of carbonyl (C=O) groups is 1. The van der Waals surface area contributed by atoms with Crippen LogP contribution in [-0.2, 0) is 4.79 Å². The van der Waals surface area contributed by atoms with Crippen molar-refractivity contribution in [3.63, 3.8) is 0 Å². The van der Waals surface area contributed by atoms with Crippen LogP contribution in [0.3, 0.4) is 0 Å². The van der Waals surface area contributed by atoms with Gasteiger partial charge in [0.05, 0.1) is 0 Å². The van der Waals surface area contributed by atoms with E-state index < -0.39 is 18.5 Å². The fourth-order valence-corrected chi connectivity index (χ4v) is 1.93. The molecule has 1 heterocycles. The standard InChI is InChI=1S/C10H17F3N2O/c1-2-5-15(8-3-4-14-7-8)9(16)6-10(11,12)13/h8,14H,2-7H2,1H3/t8-/m1/s1. The van der Waals surface area contributed by atoms with Crippen LogP contribution in [0, 0.1) is 0 Å². The van der Waals surface area contributed by atoms with Gasteiger partial charge in [0.15, 0.2) is 0 Å². The summed E-state index contributed by atoms with van der Waals surface area (Å²) in [5.74, 6) is -0.803. The molecule has 1 aliphatic rings. The Morgan fingerprint density at radius 3 is 2.62 bits per heavy atom.